The fourth-order valence-electron chi connectivity index (χ4n) is 1.67. The summed E-state index contributed by atoms with van der Waals surface area (Å²) in [6.07, 6.45) is 0. The molecule has 0 unspecified atom stereocenters. The maximum absolute atomic E-state index is 12.3. The SMILES string of the molecule is Cc1sccc1C(=O)c1cccc(N)c1C. The van der Waals surface area contributed by atoms with Crippen molar-refractivity contribution < 1.29 is 4.79 Å². The van der Waals surface area contributed by atoms with Crippen LogP contribution in [0, 0.1) is 13.8 Å². The molecule has 0 aliphatic carbocycles. The number of anilines is 1. The third kappa shape index (κ3) is 1.74. The van der Waals surface area contributed by atoms with Gasteiger partial charge in [0.05, 0.1) is 0 Å². The predicted molar refractivity (Wildman–Crippen MR) is 68.1 cm³/mol. The Kier molecular flexibility index (Phi) is 2.79. The summed E-state index contributed by atoms with van der Waals surface area (Å²) in [5, 5.41) is 1.93. The van der Waals surface area contributed by atoms with Crippen molar-refractivity contribution in [2.45, 2.75) is 13.8 Å². The van der Waals surface area contributed by atoms with Crippen LogP contribution in [0.15, 0.2) is 29.6 Å². The number of ketones is 1. The molecule has 1 heterocycles. The smallest absolute Gasteiger partial charge is 0.194 e. The van der Waals surface area contributed by atoms with Gasteiger partial charge in [0.2, 0.25) is 0 Å². The van der Waals surface area contributed by atoms with Crippen molar-refractivity contribution in [2.75, 3.05) is 5.73 Å². The molecule has 0 amide bonds. The minimum Gasteiger partial charge on any atom is -0.398 e. The van der Waals surface area contributed by atoms with Gasteiger partial charge < -0.3 is 5.73 Å². The number of nitrogens with two attached hydrogens (primary N) is 1. The molecule has 16 heavy (non-hydrogen) atoms. The van der Waals surface area contributed by atoms with Gasteiger partial charge in [-0.05, 0) is 36.9 Å². The van der Waals surface area contributed by atoms with Crippen molar-refractivity contribution in [3.8, 4) is 0 Å². The Morgan fingerprint density at radius 2 is 1.94 bits per heavy atom. The Labute approximate surface area is 98.7 Å². The number of carbonyl (C=O) groups excluding carboxylic acids is 1. The lowest BCUT2D eigenvalue weighted by Gasteiger charge is -2.06. The standard InChI is InChI=1S/C13H13NOS/c1-8-10(4-3-5-12(8)14)13(15)11-6-7-16-9(11)2/h3-7H,14H2,1-2H3. The van der Waals surface area contributed by atoms with Gasteiger partial charge in [0.25, 0.3) is 0 Å². The minimum atomic E-state index is 0.0588. The van der Waals surface area contributed by atoms with E-state index < -0.39 is 0 Å². The van der Waals surface area contributed by atoms with E-state index in [0.29, 0.717) is 11.3 Å². The lowest BCUT2D eigenvalue weighted by molar-refractivity contribution is 0.103. The first-order valence-corrected chi connectivity index (χ1v) is 5.93. The van der Waals surface area contributed by atoms with Crippen LogP contribution in [0.2, 0.25) is 0 Å². The molecular formula is C13H13NOS. The fraction of sp³-hybridized carbons (Fsp3) is 0.154. The van der Waals surface area contributed by atoms with E-state index in [1.54, 1.807) is 11.3 Å². The van der Waals surface area contributed by atoms with Crippen LogP contribution in [0.25, 0.3) is 0 Å². The van der Waals surface area contributed by atoms with Crippen molar-refractivity contribution in [3.63, 3.8) is 0 Å². The average molecular weight is 231 g/mol. The Hall–Kier alpha value is -1.61. The third-order valence-corrected chi connectivity index (χ3v) is 3.57. The topological polar surface area (TPSA) is 43.1 Å². The summed E-state index contributed by atoms with van der Waals surface area (Å²) in [5.74, 6) is 0.0588. The highest BCUT2D eigenvalue weighted by Crippen LogP contribution is 2.23. The van der Waals surface area contributed by atoms with Crippen molar-refractivity contribution in [1.29, 1.82) is 0 Å². The zero-order valence-corrected chi connectivity index (χ0v) is 10.1. The summed E-state index contributed by atoms with van der Waals surface area (Å²) in [5.41, 5.74) is 8.80. The van der Waals surface area contributed by atoms with Crippen LogP contribution in [0.5, 0.6) is 0 Å². The van der Waals surface area contributed by atoms with Gasteiger partial charge in [-0.15, -0.1) is 11.3 Å². The number of nitrogen functional groups attached to an aromatic ring is 1. The lowest BCUT2D eigenvalue weighted by atomic mass is 9.99. The lowest BCUT2D eigenvalue weighted by Crippen LogP contribution is -2.05. The maximum Gasteiger partial charge on any atom is 0.194 e. The Morgan fingerprint density at radius 1 is 1.19 bits per heavy atom. The van der Waals surface area contributed by atoms with E-state index in [9.17, 15) is 4.79 Å². The van der Waals surface area contributed by atoms with Crippen molar-refractivity contribution in [1.82, 2.24) is 0 Å². The first-order chi connectivity index (χ1) is 7.61. The van der Waals surface area contributed by atoms with Crippen LogP contribution in [0.1, 0.15) is 26.4 Å². The molecule has 0 bridgehead atoms. The quantitative estimate of drug-likeness (QED) is 0.637. The van der Waals surface area contributed by atoms with Gasteiger partial charge in [0, 0.05) is 21.7 Å². The summed E-state index contributed by atoms with van der Waals surface area (Å²) in [7, 11) is 0. The molecule has 1 aromatic carbocycles. The van der Waals surface area contributed by atoms with Crippen molar-refractivity contribution in [3.05, 3.63) is 51.2 Å². The second kappa shape index (κ2) is 4.10. The summed E-state index contributed by atoms with van der Waals surface area (Å²) < 4.78 is 0. The molecule has 0 spiro atoms. The molecule has 0 radical (unpaired) electrons. The molecule has 0 fully saturated rings. The van der Waals surface area contributed by atoms with Crippen LogP contribution in [0.3, 0.4) is 0 Å². The van der Waals surface area contributed by atoms with E-state index in [1.165, 1.54) is 0 Å². The molecule has 2 rings (SSSR count). The zero-order chi connectivity index (χ0) is 11.7. The zero-order valence-electron chi connectivity index (χ0n) is 9.28. The van der Waals surface area contributed by atoms with E-state index in [4.69, 9.17) is 5.73 Å². The van der Waals surface area contributed by atoms with E-state index in [-0.39, 0.29) is 5.78 Å². The molecular weight excluding hydrogens is 218 g/mol. The first-order valence-electron chi connectivity index (χ1n) is 5.05. The molecule has 82 valence electrons. The Bertz CT molecular complexity index is 543. The molecule has 3 heteroatoms. The Balaban J connectivity index is 2.50. The summed E-state index contributed by atoms with van der Waals surface area (Å²) in [6.45, 7) is 3.84. The number of benzene rings is 1. The number of carbonyl (C=O) groups is 1. The van der Waals surface area contributed by atoms with Gasteiger partial charge in [-0.3, -0.25) is 4.79 Å². The molecule has 0 aliphatic rings. The highest BCUT2D eigenvalue weighted by molar-refractivity contribution is 7.10. The molecule has 2 aromatic rings. The molecule has 2 N–H and O–H groups in total. The monoisotopic (exact) mass is 231 g/mol. The van der Waals surface area contributed by atoms with Gasteiger partial charge in [-0.1, -0.05) is 12.1 Å². The van der Waals surface area contributed by atoms with Gasteiger partial charge >= 0.3 is 0 Å². The van der Waals surface area contributed by atoms with Crippen molar-refractivity contribution in [2.24, 2.45) is 0 Å². The summed E-state index contributed by atoms with van der Waals surface area (Å²) in [4.78, 5) is 13.3. The summed E-state index contributed by atoms with van der Waals surface area (Å²) >= 11 is 1.59. The minimum absolute atomic E-state index is 0.0588. The number of rotatable bonds is 2. The van der Waals surface area contributed by atoms with Crippen LogP contribution in [0.4, 0.5) is 5.69 Å². The maximum atomic E-state index is 12.3. The molecule has 0 aliphatic heterocycles. The molecule has 0 saturated carbocycles. The number of thiophene rings is 1. The Morgan fingerprint density at radius 3 is 2.56 bits per heavy atom. The largest absolute Gasteiger partial charge is 0.398 e. The molecule has 0 atom stereocenters. The van der Waals surface area contributed by atoms with Gasteiger partial charge in [0.15, 0.2) is 5.78 Å². The first kappa shape index (κ1) is 10.9. The second-order valence-corrected chi connectivity index (χ2v) is 4.86. The normalized spacial score (nSPS) is 10.4. The van der Waals surface area contributed by atoms with E-state index in [1.807, 2.05) is 43.5 Å². The third-order valence-electron chi connectivity index (χ3n) is 2.72. The number of hydrogen-bond acceptors (Lipinski definition) is 3. The van der Waals surface area contributed by atoms with Crippen LogP contribution in [-0.2, 0) is 0 Å². The second-order valence-electron chi connectivity index (χ2n) is 3.74. The van der Waals surface area contributed by atoms with Gasteiger partial charge in [-0.25, -0.2) is 0 Å². The van der Waals surface area contributed by atoms with Crippen molar-refractivity contribution >= 4 is 22.8 Å². The molecule has 1 aromatic heterocycles. The predicted octanol–water partition coefficient (Wildman–Crippen LogP) is 3.18. The highest BCUT2D eigenvalue weighted by atomic mass is 32.1. The summed E-state index contributed by atoms with van der Waals surface area (Å²) in [6, 6.07) is 7.32. The van der Waals surface area contributed by atoms with Crippen LogP contribution < -0.4 is 5.73 Å². The van der Waals surface area contributed by atoms with Crippen LogP contribution >= 0.6 is 11.3 Å². The number of aryl methyl sites for hydroxylation is 1. The fourth-order valence-corrected chi connectivity index (χ4v) is 2.36. The highest BCUT2D eigenvalue weighted by Gasteiger charge is 2.15. The van der Waals surface area contributed by atoms with Crippen LogP contribution in [-0.4, -0.2) is 5.78 Å². The van der Waals surface area contributed by atoms with Gasteiger partial charge in [-0.2, -0.15) is 0 Å². The molecule has 2 nitrogen and oxygen atoms in total. The van der Waals surface area contributed by atoms with Gasteiger partial charge in [0.1, 0.15) is 0 Å². The van der Waals surface area contributed by atoms with E-state index >= 15 is 0 Å². The van der Waals surface area contributed by atoms with E-state index in [0.717, 1.165) is 16.0 Å². The number of hydrogen-bond donors (Lipinski definition) is 1. The molecule has 0 saturated heterocycles. The average Bonchev–Trinajstić information content (AvgIpc) is 2.68. The van der Waals surface area contributed by atoms with E-state index in [2.05, 4.69) is 0 Å².